The Bertz CT molecular complexity index is 1240. The van der Waals surface area contributed by atoms with E-state index in [1.54, 1.807) is 10.8 Å². The first-order valence-corrected chi connectivity index (χ1v) is 10.6. The number of piperazine rings is 1. The van der Waals surface area contributed by atoms with E-state index < -0.39 is 0 Å². The van der Waals surface area contributed by atoms with Crippen LogP contribution in [-0.4, -0.2) is 40.7 Å². The van der Waals surface area contributed by atoms with Gasteiger partial charge in [0.15, 0.2) is 0 Å². The average Bonchev–Trinajstić information content (AvgIpc) is 2.83. The number of aryl methyl sites for hydroxylation is 1. The third kappa shape index (κ3) is 4.01. The van der Waals surface area contributed by atoms with Crippen molar-refractivity contribution < 1.29 is 0 Å². The van der Waals surface area contributed by atoms with E-state index in [1.807, 2.05) is 18.3 Å². The van der Waals surface area contributed by atoms with Gasteiger partial charge in [-0.2, -0.15) is 0 Å². The molecular formula is C25H25N5O. The Morgan fingerprint density at radius 3 is 2.32 bits per heavy atom. The summed E-state index contributed by atoms with van der Waals surface area (Å²) >= 11 is 0. The molecular weight excluding hydrogens is 386 g/mol. The highest BCUT2D eigenvalue weighted by Gasteiger charge is 2.19. The lowest BCUT2D eigenvalue weighted by atomic mass is 10.1. The molecule has 1 aliphatic heterocycles. The molecule has 3 heterocycles. The molecule has 1 saturated heterocycles. The van der Waals surface area contributed by atoms with E-state index in [9.17, 15) is 4.79 Å². The molecule has 0 atom stereocenters. The number of anilines is 2. The second-order valence-electron chi connectivity index (χ2n) is 8.01. The van der Waals surface area contributed by atoms with Crippen molar-refractivity contribution in [3.8, 4) is 0 Å². The highest BCUT2D eigenvalue weighted by molar-refractivity contribution is 5.77. The molecule has 2 aromatic carbocycles. The van der Waals surface area contributed by atoms with Gasteiger partial charge in [-0.15, -0.1) is 0 Å². The monoisotopic (exact) mass is 411 g/mol. The van der Waals surface area contributed by atoms with Gasteiger partial charge in [0, 0.05) is 44.3 Å². The van der Waals surface area contributed by atoms with Crippen molar-refractivity contribution in [1.82, 2.24) is 14.5 Å². The van der Waals surface area contributed by atoms with Gasteiger partial charge in [-0.25, -0.2) is 9.97 Å². The highest BCUT2D eigenvalue weighted by Crippen LogP contribution is 2.19. The summed E-state index contributed by atoms with van der Waals surface area (Å²) in [6.45, 7) is 6.14. The zero-order valence-electron chi connectivity index (χ0n) is 17.6. The molecule has 0 bridgehead atoms. The number of rotatable bonds is 4. The van der Waals surface area contributed by atoms with Gasteiger partial charge in [-0.05, 0) is 30.7 Å². The Morgan fingerprint density at radius 1 is 0.871 bits per heavy atom. The number of pyridine rings is 1. The Labute approximate surface area is 181 Å². The van der Waals surface area contributed by atoms with Crippen molar-refractivity contribution in [1.29, 1.82) is 0 Å². The second-order valence-corrected chi connectivity index (χ2v) is 8.01. The van der Waals surface area contributed by atoms with Crippen LogP contribution >= 0.6 is 0 Å². The van der Waals surface area contributed by atoms with E-state index in [2.05, 4.69) is 70.2 Å². The molecule has 1 fully saturated rings. The molecule has 0 unspecified atom stereocenters. The number of para-hydroxylation sites is 1. The maximum absolute atomic E-state index is 12.9. The molecule has 0 N–H and O–H groups in total. The number of hydrogen-bond acceptors (Lipinski definition) is 5. The van der Waals surface area contributed by atoms with Crippen LogP contribution in [0.4, 0.5) is 11.6 Å². The molecule has 2 aromatic heterocycles. The van der Waals surface area contributed by atoms with E-state index in [0.717, 1.165) is 31.7 Å². The fourth-order valence-electron chi connectivity index (χ4n) is 4.03. The van der Waals surface area contributed by atoms with Gasteiger partial charge in [0.25, 0.3) is 5.56 Å². The lowest BCUT2D eigenvalue weighted by molar-refractivity contribution is 0.641. The molecule has 0 spiro atoms. The van der Waals surface area contributed by atoms with Gasteiger partial charge in [0.1, 0.15) is 0 Å². The van der Waals surface area contributed by atoms with Crippen molar-refractivity contribution in [2.24, 2.45) is 0 Å². The molecule has 1 aliphatic rings. The van der Waals surface area contributed by atoms with Crippen LogP contribution in [0.25, 0.3) is 10.9 Å². The third-order valence-electron chi connectivity index (χ3n) is 5.87. The highest BCUT2D eigenvalue weighted by atomic mass is 16.1. The molecule has 6 nitrogen and oxygen atoms in total. The quantitative estimate of drug-likeness (QED) is 0.515. The van der Waals surface area contributed by atoms with Crippen LogP contribution in [0, 0.1) is 6.92 Å². The maximum Gasteiger partial charge on any atom is 0.261 e. The molecule has 0 amide bonds. The maximum atomic E-state index is 12.9. The largest absolute Gasteiger partial charge is 0.368 e. The molecule has 4 aromatic rings. The predicted octanol–water partition coefficient (Wildman–Crippen LogP) is 3.47. The van der Waals surface area contributed by atoms with Gasteiger partial charge in [0.05, 0.1) is 17.4 Å². The van der Waals surface area contributed by atoms with E-state index in [0.29, 0.717) is 23.4 Å². The number of hydrogen-bond donors (Lipinski definition) is 0. The van der Waals surface area contributed by atoms with Crippen LogP contribution in [0.15, 0.2) is 77.9 Å². The Kier molecular flexibility index (Phi) is 5.12. The smallest absolute Gasteiger partial charge is 0.261 e. The number of nitrogens with zero attached hydrogens (tertiary/aromatic N) is 5. The average molecular weight is 412 g/mol. The summed E-state index contributed by atoms with van der Waals surface area (Å²) in [5, 5.41) is 0.557. The number of aromatic nitrogens is 3. The van der Waals surface area contributed by atoms with Crippen LogP contribution in [0.3, 0.4) is 0 Å². The molecule has 0 saturated carbocycles. The lowest BCUT2D eigenvalue weighted by Gasteiger charge is -2.36. The van der Waals surface area contributed by atoms with Gasteiger partial charge < -0.3 is 14.4 Å². The van der Waals surface area contributed by atoms with E-state index >= 15 is 0 Å². The van der Waals surface area contributed by atoms with Gasteiger partial charge >= 0.3 is 0 Å². The predicted molar refractivity (Wildman–Crippen MR) is 125 cm³/mol. The summed E-state index contributed by atoms with van der Waals surface area (Å²) < 4.78 is 1.72. The van der Waals surface area contributed by atoms with Gasteiger partial charge in [0.2, 0.25) is 5.95 Å². The van der Waals surface area contributed by atoms with E-state index in [4.69, 9.17) is 4.98 Å². The Morgan fingerprint density at radius 2 is 1.58 bits per heavy atom. The summed E-state index contributed by atoms with van der Waals surface area (Å²) in [6, 6.07) is 20.6. The van der Waals surface area contributed by atoms with Gasteiger partial charge in [-0.3, -0.25) is 4.79 Å². The van der Waals surface area contributed by atoms with Crippen LogP contribution in [0.5, 0.6) is 0 Å². The molecule has 156 valence electrons. The Balaban J connectivity index is 1.34. The molecule has 6 heteroatoms. The Hall–Kier alpha value is -3.67. The summed E-state index contributed by atoms with van der Waals surface area (Å²) in [5.74, 6) is 0.691. The van der Waals surface area contributed by atoms with Crippen molar-refractivity contribution in [2.75, 3.05) is 36.0 Å². The summed E-state index contributed by atoms with van der Waals surface area (Å²) in [4.78, 5) is 26.7. The summed E-state index contributed by atoms with van der Waals surface area (Å²) in [6.07, 6.45) is 3.50. The second kappa shape index (κ2) is 8.22. The minimum atomic E-state index is -0.0569. The van der Waals surface area contributed by atoms with E-state index in [-0.39, 0.29) is 5.56 Å². The van der Waals surface area contributed by atoms with Gasteiger partial charge in [-0.1, -0.05) is 48.0 Å². The first kappa shape index (κ1) is 19.3. The van der Waals surface area contributed by atoms with E-state index in [1.165, 1.54) is 11.3 Å². The molecule has 0 aliphatic carbocycles. The SMILES string of the molecule is Cc1ccc(Cn2ccc3nc(N4CCN(c5ccccc5)CC4)ncc3c2=O)cc1. The van der Waals surface area contributed by atoms with Crippen molar-refractivity contribution in [3.05, 3.63) is 94.5 Å². The van der Waals surface area contributed by atoms with Crippen LogP contribution in [0.1, 0.15) is 11.1 Å². The first-order chi connectivity index (χ1) is 15.2. The van der Waals surface area contributed by atoms with Crippen LogP contribution in [-0.2, 0) is 6.54 Å². The van der Waals surface area contributed by atoms with Crippen molar-refractivity contribution >= 4 is 22.5 Å². The van der Waals surface area contributed by atoms with Crippen LogP contribution in [0.2, 0.25) is 0 Å². The zero-order chi connectivity index (χ0) is 21.2. The fraction of sp³-hybridized carbons (Fsp3) is 0.240. The summed E-state index contributed by atoms with van der Waals surface area (Å²) in [7, 11) is 0. The summed E-state index contributed by atoms with van der Waals surface area (Å²) in [5.41, 5.74) is 4.19. The topological polar surface area (TPSA) is 54.3 Å². The van der Waals surface area contributed by atoms with Crippen molar-refractivity contribution in [2.45, 2.75) is 13.5 Å². The molecule has 31 heavy (non-hydrogen) atoms. The van der Waals surface area contributed by atoms with Crippen molar-refractivity contribution in [3.63, 3.8) is 0 Å². The molecule has 5 rings (SSSR count). The zero-order valence-corrected chi connectivity index (χ0v) is 17.6. The minimum absolute atomic E-state index is 0.0569. The standard InChI is InChI=1S/C25H25N5O/c1-19-7-9-20(10-8-19)18-30-12-11-23-22(24(30)31)17-26-25(27-23)29-15-13-28(14-16-29)21-5-3-2-4-6-21/h2-12,17H,13-16,18H2,1H3. The lowest BCUT2D eigenvalue weighted by Crippen LogP contribution is -2.47. The number of fused-ring (bicyclic) bond motifs is 1. The first-order valence-electron chi connectivity index (χ1n) is 10.6. The fourth-order valence-corrected chi connectivity index (χ4v) is 4.03. The minimum Gasteiger partial charge on any atom is -0.368 e. The third-order valence-corrected chi connectivity index (χ3v) is 5.87. The molecule has 0 radical (unpaired) electrons. The van der Waals surface area contributed by atoms with Crippen LogP contribution < -0.4 is 15.4 Å². The normalized spacial score (nSPS) is 14.2. The number of benzene rings is 2.